The maximum atomic E-state index is 14.0. The largest absolute Gasteiger partial charge is 0.493 e. The van der Waals surface area contributed by atoms with Crippen LogP contribution in [0.1, 0.15) is 69.0 Å². The van der Waals surface area contributed by atoms with Crippen LogP contribution in [-0.4, -0.2) is 79.9 Å². The first-order valence-electron chi connectivity index (χ1n) is 16.2. The molecular formula is C35H47N3O7S. The zero-order valence-electron chi connectivity index (χ0n) is 27.6. The van der Waals surface area contributed by atoms with E-state index in [2.05, 4.69) is 10.6 Å². The molecule has 2 aliphatic carbocycles. The molecule has 0 radical (unpaired) electrons. The summed E-state index contributed by atoms with van der Waals surface area (Å²) >= 11 is 1.65. The molecule has 1 saturated heterocycles. The number of likely N-dealkylation sites (tertiary alicyclic amines) is 1. The first-order valence-corrected chi connectivity index (χ1v) is 17.6. The van der Waals surface area contributed by atoms with Gasteiger partial charge in [-0.3, -0.25) is 14.4 Å². The van der Waals surface area contributed by atoms with Crippen LogP contribution in [0.2, 0.25) is 0 Å². The number of hydrogen-bond acceptors (Lipinski definition) is 9. The molecule has 250 valence electrons. The number of methoxy groups -OCH3 is 3. The van der Waals surface area contributed by atoms with Crippen LogP contribution in [-0.2, 0) is 16.0 Å². The SMILES string of the molecule is COc1cc2c(c(OC)c1OC)-c1ccc(N[C@@H](CCSC)C(=O)N3CC[C@@]4(O)CCCC[C@H]4C3)c(=O)cc1[C@@H](NC(C)=O)CC2. The van der Waals surface area contributed by atoms with E-state index in [1.807, 2.05) is 23.3 Å². The molecule has 46 heavy (non-hydrogen) atoms. The third kappa shape index (κ3) is 6.81. The summed E-state index contributed by atoms with van der Waals surface area (Å²) in [5.74, 6) is 2.03. The maximum absolute atomic E-state index is 14.0. The molecule has 0 spiro atoms. The number of fused-ring (bicyclic) bond motifs is 4. The van der Waals surface area contributed by atoms with Crippen LogP contribution in [0.25, 0.3) is 11.1 Å². The lowest BCUT2D eigenvalue weighted by Crippen LogP contribution is -2.57. The number of anilines is 1. The van der Waals surface area contributed by atoms with E-state index in [4.69, 9.17) is 14.2 Å². The highest BCUT2D eigenvalue weighted by molar-refractivity contribution is 7.98. The molecule has 3 N–H and O–H groups in total. The molecule has 3 aliphatic rings. The molecule has 1 saturated carbocycles. The molecule has 0 bridgehead atoms. The van der Waals surface area contributed by atoms with Crippen molar-refractivity contribution in [3.05, 3.63) is 45.6 Å². The van der Waals surface area contributed by atoms with Crippen LogP contribution in [0.3, 0.4) is 0 Å². The Balaban J connectivity index is 1.55. The average molecular weight is 654 g/mol. The Kier molecular flexibility index (Phi) is 10.7. The fourth-order valence-electron chi connectivity index (χ4n) is 7.50. The Morgan fingerprint density at radius 1 is 1.09 bits per heavy atom. The summed E-state index contributed by atoms with van der Waals surface area (Å²) in [6.45, 7) is 2.51. The van der Waals surface area contributed by atoms with Gasteiger partial charge in [0.05, 0.1) is 38.7 Å². The van der Waals surface area contributed by atoms with E-state index in [0.29, 0.717) is 67.3 Å². The molecule has 4 atom stereocenters. The lowest BCUT2D eigenvalue weighted by Gasteiger charge is -2.48. The van der Waals surface area contributed by atoms with E-state index in [9.17, 15) is 19.5 Å². The number of aryl methyl sites for hydroxylation is 1. The van der Waals surface area contributed by atoms with Crippen molar-refractivity contribution in [2.24, 2.45) is 5.92 Å². The van der Waals surface area contributed by atoms with Gasteiger partial charge in [0.2, 0.25) is 23.0 Å². The first-order chi connectivity index (χ1) is 22.1. The normalized spacial score (nSPS) is 22.7. The Morgan fingerprint density at radius 3 is 2.57 bits per heavy atom. The highest BCUT2D eigenvalue weighted by Gasteiger charge is 2.44. The first kappa shape index (κ1) is 33.9. The van der Waals surface area contributed by atoms with Crippen molar-refractivity contribution in [2.45, 2.75) is 76.0 Å². The fraction of sp³-hybridized carbons (Fsp3) is 0.571. The maximum Gasteiger partial charge on any atom is 0.245 e. The van der Waals surface area contributed by atoms with Crippen LogP contribution in [0.5, 0.6) is 17.2 Å². The van der Waals surface area contributed by atoms with Gasteiger partial charge in [-0.2, -0.15) is 11.8 Å². The third-order valence-electron chi connectivity index (χ3n) is 9.89. The van der Waals surface area contributed by atoms with Crippen molar-refractivity contribution in [2.75, 3.05) is 51.7 Å². The molecule has 2 aromatic rings. The zero-order chi connectivity index (χ0) is 33.0. The van der Waals surface area contributed by atoms with E-state index in [0.717, 1.165) is 48.1 Å². The quantitative estimate of drug-likeness (QED) is 0.339. The van der Waals surface area contributed by atoms with Gasteiger partial charge in [-0.15, -0.1) is 0 Å². The number of nitrogens with zero attached hydrogens (tertiary/aromatic N) is 1. The molecule has 11 heteroatoms. The second-order valence-electron chi connectivity index (χ2n) is 12.7. The summed E-state index contributed by atoms with van der Waals surface area (Å²) < 4.78 is 17.2. The topological polar surface area (TPSA) is 126 Å². The second-order valence-corrected chi connectivity index (χ2v) is 13.6. The van der Waals surface area contributed by atoms with Crippen molar-refractivity contribution in [3.8, 4) is 28.4 Å². The number of rotatable bonds is 10. The lowest BCUT2D eigenvalue weighted by atomic mass is 9.71. The molecule has 5 rings (SSSR count). The van der Waals surface area contributed by atoms with Gasteiger partial charge in [0, 0.05) is 31.5 Å². The van der Waals surface area contributed by atoms with Gasteiger partial charge >= 0.3 is 0 Å². The number of nitrogens with one attached hydrogen (secondary N) is 2. The molecule has 10 nitrogen and oxygen atoms in total. The summed E-state index contributed by atoms with van der Waals surface area (Å²) in [6.07, 6.45) is 8.10. The summed E-state index contributed by atoms with van der Waals surface area (Å²) in [7, 11) is 4.69. The molecular weight excluding hydrogens is 606 g/mol. The smallest absolute Gasteiger partial charge is 0.245 e. The van der Waals surface area contributed by atoms with Crippen LogP contribution < -0.4 is 30.3 Å². The Bertz CT molecular complexity index is 1520. The summed E-state index contributed by atoms with van der Waals surface area (Å²) in [5, 5.41) is 17.6. The zero-order valence-corrected chi connectivity index (χ0v) is 28.4. The number of piperidine rings is 1. The molecule has 0 unspecified atom stereocenters. The number of aliphatic hydroxyl groups is 1. The van der Waals surface area contributed by atoms with Crippen molar-refractivity contribution >= 4 is 29.3 Å². The van der Waals surface area contributed by atoms with Gasteiger partial charge < -0.3 is 34.9 Å². The van der Waals surface area contributed by atoms with Gasteiger partial charge in [0.15, 0.2) is 11.5 Å². The minimum absolute atomic E-state index is 0.0471. The van der Waals surface area contributed by atoms with Crippen LogP contribution in [0.15, 0.2) is 29.1 Å². The number of carbonyl (C=O) groups is 2. The number of hydrogen-bond donors (Lipinski definition) is 3. The summed E-state index contributed by atoms with van der Waals surface area (Å²) in [6, 6.07) is 6.06. The van der Waals surface area contributed by atoms with Crippen LogP contribution in [0.4, 0.5) is 5.69 Å². The predicted octanol–water partition coefficient (Wildman–Crippen LogP) is 4.55. The van der Waals surface area contributed by atoms with Gasteiger partial charge in [-0.25, -0.2) is 0 Å². The molecule has 2 fully saturated rings. The van der Waals surface area contributed by atoms with Crippen molar-refractivity contribution in [1.82, 2.24) is 10.2 Å². The molecule has 2 aromatic carbocycles. The number of ether oxygens (including phenoxy) is 3. The van der Waals surface area contributed by atoms with Gasteiger partial charge in [-0.1, -0.05) is 18.9 Å². The highest BCUT2D eigenvalue weighted by Crippen LogP contribution is 2.50. The predicted molar refractivity (Wildman–Crippen MR) is 181 cm³/mol. The Labute approximate surface area is 275 Å². The lowest BCUT2D eigenvalue weighted by molar-refractivity contribution is -0.144. The van der Waals surface area contributed by atoms with Gasteiger partial charge in [0.25, 0.3) is 0 Å². The van der Waals surface area contributed by atoms with Crippen LogP contribution >= 0.6 is 11.8 Å². The van der Waals surface area contributed by atoms with Crippen molar-refractivity contribution < 1.29 is 28.9 Å². The number of thioether (sulfide) groups is 1. The molecule has 2 amide bonds. The van der Waals surface area contributed by atoms with E-state index in [-0.39, 0.29) is 23.2 Å². The van der Waals surface area contributed by atoms with E-state index in [1.165, 1.54) is 6.92 Å². The van der Waals surface area contributed by atoms with Gasteiger partial charge in [0.1, 0.15) is 6.04 Å². The number of carbonyl (C=O) groups excluding carboxylic acids is 2. The molecule has 0 aromatic heterocycles. The third-order valence-corrected chi connectivity index (χ3v) is 10.5. The average Bonchev–Trinajstić information content (AvgIpc) is 3.29. The van der Waals surface area contributed by atoms with E-state index in [1.54, 1.807) is 45.2 Å². The number of amides is 2. The molecule has 1 aliphatic heterocycles. The summed E-state index contributed by atoms with van der Waals surface area (Å²) in [4.78, 5) is 42.1. The Hall–Kier alpha value is -3.44. The minimum atomic E-state index is -0.682. The second kappa shape index (κ2) is 14.5. The van der Waals surface area contributed by atoms with Crippen LogP contribution in [0, 0.1) is 5.92 Å². The highest BCUT2D eigenvalue weighted by atomic mass is 32.2. The monoisotopic (exact) mass is 653 g/mol. The standard InChI is InChI=1S/C35H47N3O7S/c1-21(39)36-26-11-9-22-18-30(43-2)32(44-3)33(45-4)31(22)24-10-12-27(29(40)19-25(24)26)37-28(13-17-46-5)34(41)38-16-15-35(42)14-7-6-8-23(35)20-38/h10,12,18-19,23,26,28,42H,6-9,11,13-17,20H2,1-5H3,(H,36,39)(H,37,40)/t23-,26-,28-,35-/m0/s1. The van der Waals surface area contributed by atoms with E-state index >= 15 is 0 Å². The van der Waals surface area contributed by atoms with Gasteiger partial charge in [-0.05, 0) is 85.4 Å². The van der Waals surface area contributed by atoms with E-state index < -0.39 is 17.7 Å². The fourth-order valence-corrected chi connectivity index (χ4v) is 7.97. The molecule has 1 heterocycles. The van der Waals surface area contributed by atoms with Crippen molar-refractivity contribution in [3.63, 3.8) is 0 Å². The Morgan fingerprint density at radius 2 is 1.87 bits per heavy atom. The van der Waals surface area contributed by atoms with Crippen molar-refractivity contribution in [1.29, 1.82) is 0 Å². The summed E-state index contributed by atoms with van der Waals surface area (Å²) in [5.41, 5.74) is 2.46. The minimum Gasteiger partial charge on any atom is -0.493 e. The number of benzene rings is 1.